The second-order valence-corrected chi connectivity index (χ2v) is 5.97. The standard InChI is InChI=1S/C6H16O3Si/c1-6(7-2)9-10(4,5)8-3/h6H,1-5H3. The Morgan fingerprint density at radius 3 is 2.00 bits per heavy atom. The van der Waals surface area contributed by atoms with Crippen molar-refractivity contribution < 1.29 is 13.6 Å². The summed E-state index contributed by atoms with van der Waals surface area (Å²) >= 11 is 0. The van der Waals surface area contributed by atoms with E-state index in [-0.39, 0.29) is 6.29 Å². The molecule has 0 rings (SSSR count). The highest BCUT2D eigenvalue weighted by Crippen LogP contribution is 2.07. The van der Waals surface area contributed by atoms with Gasteiger partial charge in [-0.05, 0) is 20.0 Å². The topological polar surface area (TPSA) is 27.7 Å². The summed E-state index contributed by atoms with van der Waals surface area (Å²) in [5, 5.41) is 0. The third-order valence-corrected chi connectivity index (χ3v) is 3.16. The lowest BCUT2D eigenvalue weighted by Gasteiger charge is -2.23. The van der Waals surface area contributed by atoms with Crippen LogP contribution in [0.15, 0.2) is 0 Å². The average Bonchev–Trinajstić information content (AvgIpc) is 1.87. The first-order chi connectivity index (χ1) is 4.52. The molecule has 4 heteroatoms. The van der Waals surface area contributed by atoms with Crippen LogP contribution in [0.25, 0.3) is 0 Å². The summed E-state index contributed by atoms with van der Waals surface area (Å²) in [7, 11) is 1.39. The van der Waals surface area contributed by atoms with Crippen molar-refractivity contribution in [2.75, 3.05) is 14.2 Å². The predicted octanol–water partition coefficient (Wildman–Crippen LogP) is 1.34. The van der Waals surface area contributed by atoms with Crippen molar-refractivity contribution in [3.05, 3.63) is 0 Å². The lowest BCUT2D eigenvalue weighted by Crippen LogP contribution is -2.37. The fraction of sp³-hybridized carbons (Fsp3) is 1.00. The van der Waals surface area contributed by atoms with Gasteiger partial charge in [-0.25, -0.2) is 0 Å². The molecule has 10 heavy (non-hydrogen) atoms. The van der Waals surface area contributed by atoms with Gasteiger partial charge in [0.25, 0.3) is 0 Å². The minimum atomic E-state index is -1.89. The molecule has 0 saturated carbocycles. The van der Waals surface area contributed by atoms with Crippen LogP contribution in [-0.2, 0) is 13.6 Å². The van der Waals surface area contributed by atoms with Gasteiger partial charge in [-0.2, -0.15) is 0 Å². The molecule has 0 saturated heterocycles. The summed E-state index contributed by atoms with van der Waals surface area (Å²) in [6.45, 7) is 5.80. The first kappa shape index (κ1) is 10.1. The van der Waals surface area contributed by atoms with Crippen molar-refractivity contribution in [3.8, 4) is 0 Å². The Morgan fingerprint density at radius 2 is 1.70 bits per heavy atom. The summed E-state index contributed by atoms with van der Waals surface area (Å²) in [6.07, 6.45) is -0.165. The zero-order valence-electron chi connectivity index (χ0n) is 7.30. The van der Waals surface area contributed by atoms with E-state index >= 15 is 0 Å². The number of methoxy groups -OCH3 is 1. The van der Waals surface area contributed by atoms with Gasteiger partial charge < -0.3 is 13.6 Å². The number of ether oxygens (including phenoxy) is 1. The molecule has 0 aromatic rings. The molecule has 0 aromatic heterocycles. The first-order valence-corrected chi connectivity index (χ1v) is 6.09. The van der Waals surface area contributed by atoms with Gasteiger partial charge in [0.15, 0.2) is 0 Å². The molecule has 0 N–H and O–H groups in total. The van der Waals surface area contributed by atoms with E-state index in [1.165, 1.54) is 0 Å². The van der Waals surface area contributed by atoms with Gasteiger partial charge in [-0.3, -0.25) is 0 Å². The van der Waals surface area contributed by atoms with E-state index in [0.29, 0.717) is 0 Å². The Bertz CT molecular complexity index is 95.0. The van der Waals surface area contributed by atoms with E-state index in [4.69, 9.17) is 13.6 Å². The minimum absolute atomic E-state index is 0.165. The fourth-order valence-electron chi connectivity index (χ4n) is 0.496. The summed E-state index contributed by atoms with van der Waals surface area (Å²) in [4.78, 5) is 0. The molecule has 0 aliphatic rings. The molecule has 0 fully saturated rings. The maximum Gasteiger partial charge on any atom is 0.333 e. The fourth-order valence-corrected chi connectivity index (χ4v) is 1.49. The molecule has 0 radical (unpaired) electrons. The van der Waals surface area contributed by atoms with E-state index in [1.54, 1.807) is 14.2 Å². The van der Waals surface area contributed by atoms with Crippen molar-refractivity contribution in [3.63, 3.8) is 0 Å². The summed E-state index contributed by atoms with van der Waals surface area (Å²) in [6, 6.07) is 0. The summed E-state index contributed by atoms with van der Waals surface area (Å²) in [5.74, 6) is 0. The quantitative estimate of drug-likeness (QED) is 0.463. The predicted molar refractivity (Wildman–Crippen MR) is 42.0 cm³/mol. The van der Waals surface area contributed by atoms with Crippen LogP contribution < -0.4 is 0 Å². The van der Waals surface area contributed by atoms with Crippen LogP contribution in [-0.4, -0.2) is 29.1 Å². The molecule has 62 valence electrons. The van der Waals surface area contributed by atoms with E-state index in [9.17, 15) is 0 Å². The van der Waals surface area contributed by atoms with Gasteiger partial charge in [-0.1, -0.05) is 0 Å². The maximum atomic E-state index is 5.43. The van der Waals surface area contributed by atoms with Crippen LogP contribution in [0, 0.1) is 0 Å². The second-order valence-electron chi connectivity index (χ2n) is 2.53. The highest BCUT2D eigenvalue weighted by atomic mass is 28.4. The van der Waals surface area contributed by atoms with Crippen molar-refractivity contribution in [2.24, 2.45) is 0 Å². The average molecular weight is 164 g/mol. The highest BCUT2D eigenvalue weighted by molar-refractivity contribution is 6.64. The van der Waals surface area contributed by atoms with Crippen molar-refractivity contribution >= 4 is 8.56 Å². The molecule has 0 spiro atoms. The maximum absolute atomic E-state index is 5.43. The van der Waals surface area contributed by atoms with E-state index in [2.05, 4.69) is 0 Å². The number of hydrogen-bond acceptors (Lipinski definition) is 3. The van der Waals surface area contributed by atoms with Gasteiger partial charge in [0.1, 0.15) is 6.29 Å². The Labute approximate surface area is 63.5 Å². The molecule has 0 bridgehead atoms. The largest absolute Gasteiger partial charge is 0.398 e. The molecular weight excluding hydrogens is 148 g/mol. The van der Waals surface area contributed by atoms with Gasteiger partial charge in [-0.15, -0.1) is 0 Å². The van der Waals surface area contributed by atoms with Crippen molar-refractivity contribution in [1.82, 2.24) is 0 Å². The normalized spacial score (nSPS) is 15.3. The van der Waals surface area contributed by atoms with E-state index in [0.717, 1.165) is 0 Å². The van der Waals surface area contributed by atoms with Crippen molar-refractivity contribution in [2.45, 2.75) is 26.3 Å². The van der Waals surface area contributed by atoms with Crippen LogP contribution >= 0.6 is 0 Å². The molecule has 1 unspecified atom stereocenters. The number of rotatable bonds is 4. The number of hydrogen-bond donors (Lipinski definition) is 0. The summed E-state index contributed by atoms with van der Waals surface area (Å²) in [5.41, 5.74) is 0. The Morgan fingerprint density at radius 1 is 1.20 bits per heavy atom. The molecule has 0 aromatic carbocycles. The molecular formula is C6H16O3Si. The third kappa shape index (κ3) is 4.00. The van der Waals surface area contributed by atoms with Crippen LogP contribution in [0.1, 0.15) is 6.92 Å². The summed E-state index contributed by atoms with van der Waals surface area (Å²) < 4.78 is 15.5. The van der Waals surface area contributed by atoms with Crippen LogP contribution in [0.2, 0.25) is 13.1 Å². The molecule has 0 aliphatic carbocycles. The highest BCUT2D eigenvalue weighted by Gasteiger charge is 2.25. The Balaban J connectivity index is 3.64. The molecule has 1 atom stereocenters. The van der Waals surface area contributed by atoms with Crippen LogP contribution in [0.5, 0.6) is 0 Å². The lowest BCUT2D eigenvalue weighted by molar-refractivity contribution is -0.0583. The minimum Gasteiger partial charge on any atom is -0.398 e. The molecule has 0 aliphatic heterocycles. The smallest absolute Gasteiger partial charge is 0.333 e. The van der Waals surface area contributed by atoms with Gasteiger partial charge >= 0.3 is 8.56 Å². The van der Waals surface area contributed by atoms with Crippen molar-refractivity contribution in [1.29, 1.82) is 0 Å². The van der Waals surface area contributed by atoms with Gasteiger partial charge in [0.2, 0.25) is 0 Å². The van der Waals surface area contributed by atoms with Crippen LogP contribution in [0.4, 0.5) is 0 Å². The lowest BCUT2D eigenvalue weighted by atomic mass is 10.8. The molecule has 0 heterocycles. The van der Waals surface area contributed by atoms with Gasteiger partial charge in [0, 0.05) is 14.2 Å². The monoisotopic (exact) mass is 164 g/mol. The van der Waals surface area contributed by atoms with Crippen LogP contribution in [0.3, 0.4) is 0 Å². The SMILES string of the molecule is COC(C)O[Si](C)(C)OC. The Hall–Kier alpha value is 0.0969. The second kappa shape index (κ2) is 4.08. The van der Waals surface area contributed by atoms with Gasteiger partial charge in [0.05, 0.1) is 0 Å². The molecule has 3 nitrogen and oxygen atoms in total. The van der Waals surface area contributed by atoms with E-state index in [1.807, 2.05) is 20.0 Å². The first-order valence-electron chi connectivity index (χ1n) is 3.27. The zero-order chi connectivity index (χ0) is 8.20. The zero-order valence-corrected chi connectivity index (χ0v) is 8.30. The molecule has 0 amide bonds. The van der Waals surface area contributed by atoms with E-state index < -0.39 is 8.56 Å². The third-order valence-electron chi connectivity index (χ3n) is 1.27. The Kier molecular flexibility index (Phi) is 4.11.